The van der Waals surface area contributed by atoms with Crippen LogP contribution in [0.5, 0.6) is 0 Å². The molecule has 11 heavy (non-hydrogen) atoms. The lowest BCUT2D eigenvalue weighted by atomic mass is 10.4. The average molecular weight is 152 g/mol. The second-order valence-electron chi connectivity index (χ2n) is 2.34. The highest BCUT2D eigenvalue weighted by molar-refractivity contribution is 5.05. The Hall–Kier alpha value is -0.780. The second kappa shape index (κ2) is 12.0. The SMILES string of the molecule is C=CC(=C)C.CC/C=C/CC. The van der Waals surface area contributed by atoms with Crippen LogP contribution < -0.4 is 0 Å². The van der Waals surface area contributed by atoms with E-state index in [1.807, 2.05) is 6.92 Å². The van der Waals surface area contributed by atoms with Crippen molar-refractivity contribution in [1.29, 1.82) is 0 Å². The van der Waals surface area contributed by atoms with Gasteiger partial charge in [-0.3, -0.25) is 0 Å². The molecule has 0 N–H and O–H groups in total. The summed E-state index contributed by atoms with van der Waals surface area (Å²) in [5.74, 6) is 0. The maximum Gasteiger partial charge on any atom is -0.0379 e. The molecular weight excluding hydrogens is 132 g/mol. The van der Waals surface area contributed by atoms with Crippen LogP contribution in [0.25, 0.3) is 0 Å². The minimum Gasteiger partial charge on any atom is -0.0988 e. The molecule has 0 spiro atoms. The van der Waals surface area contributed by atoms with Gasteiger partial charge in [0.2, 0.25) is 0 Å². The molecule has 0 aliphatic rings. The maximum absolute atomic E-state index is 3.56. The first-order valence-electron chi connectivity index (χ1n) is 4.11. The monoisotopic (exact) mass is 152 g/mol. The van der Waals surface area contributed by atoms with Crippen molar-refractivity contribution in [2.45, 2.75) is 33.6 Å². The summed E-state index contributed by atoms with van der Waals surface area (Å²) in [7, 11) is 0. The van der Waals surface area contributed by atoms with Gasteiger partial charge in [0.1, 0.15) is 0 Å². The van der Waals surface area contributed by atoms with E-state index in [-0.39, 0.29) is 0 Å². The van der Waals surface area contributed by atoms with Crippen molar-refractivity contribution in [2.24, 2.45) is 0 Å². The molecule has 0 atom stereocenters. The van der Waals surface area contributed by atoms with Crippen molar-refractivity contribution in [1.82, 2.24) is 0 Å². The van der Waals surface area contributed by atoms with Crippen LogP contribution in [0.15, 0.2) is 37.0 Å². The molecule has 0 heteroatoms. The van der Waals surface area contributed by atoms with E-state index in [0.29, 0.717) is 0 Å². The van der Waals surface area contributed by atoms with Crippen LogP contribution in [0, 0.1) is 0 Å². The highest BCUT2D eigenvalue weighted by atomic mass is 13.7. The van der Waals surface area contributed by atoms with Crippen molar-refractivity contribution < 1.29 is 0 Å². The zero-order valence-electron chi connectivity index (χ0n) is 8.06. The molecule has 0 aromatic carbocycles. The predicted molar refractivity (Wildman–Crippen MR) is 54.7 cm³/mol. The molecule has 0 heterocycles. The molecule has 0 radical (unpaired) electrons. The zero-order chi connectivity index (χ0) is 9.11. The van der Waals surface area contributed by atoms with E-state index < -0.39 is 0 Å². The highest BCUT2D eigenvalue weighted by Crippen LogP contribution is 1.81. The normalized spacial score (nSPS) is 8.64. The van der Waals surface area contributed by atoms with Gasteiger partial charge in [-0.05, 0) is 19.8 Å². The lowest BCUT2D eigenvalue weighted by Crippen LogP contribution is -1.51. The largest absolute Gasteiger partial charge is 0.0988 e. The van der Waals surface area contributed by atoms with E-state index in [2.05, 4.69) is 39.2 Å². The summed E-state index contributed by atoms with van der Waals surface area (Å²) in [5, 5.41) is 0. The Bertz CT molecular complexity index is 112. The van der Waals surface area contributed by atoms with Crippen molar-refractivity contribution in [2.75, 3.05) is 0 Å². The first-order chi connectivity index (χ1) is 5.18. The van der Waals surface area contributed by atoms with E-state index in [1.165, 1.54) is 12.8 Å². The molecule has 0 rings (SSSR count). The Labute approximate surface area is 71.3 Å². The first kappa shape index (κ1) is 12.9. The third-order valence-corrected chi connectivity index (χ3v) is 0.987. The van der Waals surface area contributed by atoms with E-state index in [1.54, 1.807) is 6.08 Å². The van der Waals surface area contributed by atoms with Gasteiger partial charge in [-0.15, -0.1) is 0 Å². The molecule has 64 valence electrons. The van der Waals surface area contributed by atoms with Crippen LogP contribution in [0.3, 0.4) is 0 Å². The molecule has 0 unspecified atom stereocenters. The summed E-state index contributed by atoms with van der Waals surface area (Å²) in [4.78, 5) is 0. The summed E-state index contributed by atoms with van der Waals surface area (Å²) >= 11 is 0. The summed E-state index contributed by atoms with van der Waals surface area (Å²) in [6.07, 6.45) is 8.43. The number of hydrogen-bond acceptors (Lipinski definition) is 0. The van der Waals surface area contributed by atoms with Crippen LogP contribution in [0.2, 0.25) is 0 Å². The first-order valence-corrected chi connectivity index (χ1v) is 4.11. The van der Waals surface area contributed by atoms with Gasteiger partial charge in [-0.2, -0.15) is 0 Å². The molecule has 0 aliphatic carbocycles. The number of allylic oxidation sites excluding steroid dienone is 4. The van der Waals surface area contributed by atoms with Crippen molar-refractivity contribution in [3.05, 3.63) is 37.0 Å². The van der Waals surface area contributed by atoms with E-state index in [4.69, 9.17) is 0 Å². The van der Waals surface area contributed by atoms with Gasteiger partial charge in [0, 0.05) is 0 Å². The molecule has 0 aliphatic heterocycles. The highest BCUT2D eigenvalue weighted by Gasteiger charge is 1.60. The van der Waals surface area contributed by atoms with Crippen LogP contribution >= 0.6 is 0 Å². The van der Waals surface area contributed by atoms with E-state index in [0.717, 1.165) is 5.57 Å². The molecule has 0 aromatic rings. The minimum atomic E-state index is 1.02. The molecule has 0 saturated heterocycles. The van der Waals surface area contributed by atoms with Gasteiger partial charge in [0.05, 0.1) is 0 Å². The van der Waals surface area contributed by atoms with Gasteiger partial charge >= 0.3 is 0 Å². The summed E-state index contributed by atoms with van der Waals surface area (Å²) in [5.41, 5.74) is 1.02. The summed E-state index contributed by atoms with van der Waals surface area (Å²) in [6, 6.07) is 0. The smallest absolute Gasteiger partial charge is 0.0379 e. The van der Waals surface area contributed by atoms with Crippen molar-refractivity contribution >= 4 is 0 Å². The second-order valence-corrected chi connectivity index (χ2v) is 2.34. The molecule has 0 nitrogen and oxygen atoms in total. The molecule has 0 fully saturated rings. The van der Waals surface area contributed by atoms with Gasteiger partial charge < -0.3 is 0 Å². The van der Waals surface area contributed by atoms with Crippen LogP contribution in [-0.4, -0.2) is 0 Å². The molecule has 0 saturated carbocycles. The molecule has 0 amide bonds. The lowest BCUT2D eigenvalue weighted by Gasteiger charge is -1.72. The fraction of sp³-hybridized carbons (Fsp3) is 0.455. The summed E-state index contributed by atoms with van der Waals surface area (Å²) < 4.78 is 0. The third-order valence-electron chi connectivity index (χ3n) is 0.987. The van der Waals surface area contributed by atoms with E-state index >= 15 is 0 Å². The van der Waals surface area contributed by atoms with Gasteiger partial charge in [0.15, 0.2) is 0 Å². The predicted octanol–water partition coefficient (Wildman–Crippen LogP) is 4.11. The van der Waals surface area contributed by atoms with E-state index in [9.17, 15) is 0 Å². The Kier molecular flexibility index (Phi) is 14.0. The quantitative estimate of drug-likeness (QED) is 0.421. The Morgan fingerprint density at radius 1 is 1.18 bits per heavy atom. The topological polar surface area (TPSA) is 0 Å². The fourth-order valence-electron chi connectivity index (χ4n) is 0.333. The van der Waals surface area contributed by atoms with Crippen LogP contribution in [0.1, 0.15) is 33.6 Å². The minimum absolute atomic E-state index is 1.02. The number of hydrogen-bond donors (Lipinski definition) is 0. The zero-order valence-corrected chi connectivity index (χ0v) is 8.06. The van der Waals surface area contributed by atoms with Crippen molar-refractivity contribution in [3.8, 4) is 0 Å². The maximum atomic E-state index is 3.56. The molecule has 0 aromatic heterocycles. The number of rotatable bonds is 3. The average Bonchev–Trinajstić information content (AvgIpc) is 2.02. The molecular formula is C11H20. The van der Waals surface area contributed by atoms with Crippen LogP contribution in [-0.2, 0) is 0 Å². The Morgan fingerprint density at radius 3 is 1.55 bits per heavy atom. The lowest BCUT2D eigenvalue weighted by molar-refractivity contribution is 1.16. The Balaban J connectivity index is 0. The van der Waals surface area contributed by atoms with Gasteiger partial charge in [0.25, 0.3) is 0 Å². The van der Waals surface area contributed by atoms with Crippen molar-refractivity contribution in [3.63, 3.8) is 0 Å². The molecule has 0 bridgehead atoms. The van der Waals surface area contributed by atoms with Crippen LogP contribution in [0.4, 0.5) is 0 Å². The third kappa shape index (κ3) is 27.0. The fourth-order valence-corrected chi connectivity index (χ4v) is 0.333. The van der Waals surface area contributed by atoms with Gasteiger partial charge in [-0.25, -0.2) is 0 Å². The van der Waals surface area contributed by atoms with Gasteiger partial charge in [-0.1, -0.05) is 50.8 Å². The summed E-state index contributed by atoms with van der Waals surface area (Å²) in [6.45, 7) is 13.2. The standard InChI is InChI=1S/C6H12.C5H8/c1-3-5-6-4-2;1-4-5(2)3/h5-6H,3-4H2,1-2H3;4H,1-2H2,3H3/b6-5+;. The Morgan fingerprint density at radius 2 is 1.45 bits per heavy atom.